The number of thiocarbonyl (C=S) groups is 1. The molecule has 0 saturated carbocycles. The Morgan fingerprint density at radius 1 is 1.13 bits per heavy atom. The van der Waals surface area contributed by atoms with Crippen LogP contribution in [0.15, 0.2) is 52.5 Å². The van der Waals surface area contributed by atoms with Gasteiger partial charge in [0.1, 0.15) is 17.9 Å². The van der Waals surface area contributed by atoms with Gasteiger partial charge in [-0.2, -0.15) is 0 Å². The molecule has 3 rings (SSSR count). The van der Waals surface area contributed by atoms with Crippen LogP contribution in [0.2, 0.25) is 0 Å². The molecule has 1 heterocycles. The second kappa shape index (κ2) is 8.72. The van der Waals surface area contributed by atoms with Gasteiger partial charge in [0.15, 0.2) is 5.11 Å². The fourth-order valence-corrected chi connectivity index (χ4v) is 3.46. The van der Waals surface area contributed by atoms with Crippen molar-refractivity contribution in [1.29, 1.82) is 0 Å². The highest BCUT2D eigenvalue weighted by atomic mass is 79.9. The first-order valence-electron chi connectivity index (χ1n) is 8.66. The van der Waals surface area contributed by atoms with Gasteiger partial charge < -0.3 is 4.74 Å². The Morgan fingerprint density at radius 3 is 2.40 bits per heavy atom. The smallest absolute Gasteiger partial charge is 0.269 e. The maximum absolute atomic E-state index is 12.4. The zero-order valence-corrected chi connectivity index (χ0v) is 18.4. The predicted octanol–water partition coefficient (Wildman–Crippen LogP) is 3.54. The van der Waals surface area contributed by atoms with Crippen molar-refractivity contribution in [2.24, 2.45) is 0 Å². The Bertz CT molecular complexity index is 1080. The molecule has 8 nitrogen and oxygen atoms in total. The lowest BCUT2D eigenvalue weighted by atomic mass is 10.1. The van der Waals surface area contributed by atoms with E-state index in [1.165, 1.54) is 42.1 Å². The second-order valence-electron chi connectivity index (χ2n) is 6.47. The predicted molar refractivity (Wildman–Crippen MR) is 118 cm³/mol. The van der Waals surface area contributed by atoms with Gasteiger partial charge in [0.25, 0.3) is 17.5 Å². The number of likely N-dealkylation sites (N-methyl/N-ethyl adjacent to an activating group) is 2. The average Bonchev–Trinajstić information content (AvgIpc) is 2.73. The van der Waals surface area contributed by atoms with Crippen LogP contribution in [0.5, 0.6) is 5.75 Å². The molecule has 1 aliphatic heterocycles. The Labute approximate surface area is 186 Å². The molecule has 2 aromatic rings. The highest BCUT2D eigenvalue weighted by Gasteiger charge is 2.35. The summed E-state index contributed by atoms with van der Waals surface area (Å²) in [5, 5.41) is 11.0. The number of halogens is 1. The maximum atomic E-state index is 12.4. The van der Waals surface area contributed by atoms with Gasteiger partial charge in [-0.3, -0.25) is 29.5 Å². The SMILES string of the molecule is CN1C(=O)C(=Cc2ccc(OCc3cccc([N+](=O)[O-])c3)c(Br)c2)C(=O)N(C)C1=S. The van der Waals surface area contributed by atoms with Gasteiger partial charge in [-0.25, -0.2) is 0 Å². The third-order valence-corrected chi connectivity index (χ3v) is 5.59. The molecule has 1 aliphatic rings. The topological polar surface area (TPSA) is 93.0 Å². The molecule has 2 aromatic carbocycles. The fraction of sp³-hybridized carbons (Fsp3) is 0.150. The average molecular weight is 490 g/mol. The van der Waals surface area contributed by atoms with Gasteiger partial charge in [-0.1, -0.05) is 18.2 Å². The molecule has 2 amide bonds. The fourth-order valence-electron chi connectivity index (χ4n) is 2.79. The molecule has 0 radical (unpaired) electrons. The first kappa shape index (κ1) is 21.6. The van der Waals surface area contributed by atoms with Gasteiger partial charge in [0.2, 0.25) is 0 Å². The molecule has 10 heteroatoms. The second-order valence-corrected chi connectivity index (χ2v) is 7.69. The van der Waals surface area contributed by atoms with Gasteiger partial charge in [0, 0.05) is 26.2 Å². The minimum Gasteiger partial charge on any atom is -0.488 e. The lowest BCUT2D eigenvalue weighted by Crippen LogP contribution is -2.52. The van der Waals surface area contributed by atoms with Crippen molar-refractivity contribution in [3.63, 3.8) is 0 Å². The molecule has 154 valence electrons. The van der Waals surface area contributed by atoms with Crippen LogP contribution in [-0.2, 0) is 16.2 Å². The summed E-state index contributed by atoms with van der Waals surface area (Å²) in [6.07, 6.45) is 1.49. The molecule has 0 unspecified atom stereocenters. The highest BCUT2D eigenvalue weighted by Crippen LogP contribution is 2.29. The van der Waals surface area contributed by atoms with Crippen molar-refractivity contribution < 1.29 is 19.2 Å². The maximum Gasteiger partial charge on any atom is 0.269 e. The minimum atomic E-state index is -0.467. The molecule has 0 aromatic heterocycles. The number of ether oxygens (including phenoxy) is 1. The van der Waals surface area contributed by atoms with Gasteiger partial charge >= 0.3 is 0 Å². The van der Waals surface area contributed by atoms with E-state index >= 15 is 0 Å². The minimum absolute atomic E-state index is 0.00534. The molecule has 30 heavy (non-hydrogen) atoms. The number of amides is 2. The summed E-state index contributed by atoms with van der Waals surface area (Å²) in [5.41, 5.74) is 1.28. The van der Waals surface area contributed by atoms with E-state index in [-0.39, 0.29) is 23.0 Å². The summed E-state index contributed by atoms with van der Waals surface area (Å²) in [6, 6.07) is 11.3. The van der Waals surface area contributed by atoms with Crippen LogP contribution in [0.4, 0.5) is 5.69 Å². The van der Waals surface area contributed by atoms with Gasteiger partial charge in [-0.05, 0) is 57.5 Å². The van der Waals surface area contributed by atoms with Crippen molar-refractivity contribution in [3.05, 3.63) is 73.8 Å². The van der Waals surface area contributed by atoms with E-state index in [1.54, 1.807) is 30.3 Å². The number of hydrogen-bond donors (Lipinski definition) is 0. The molecule has 1 fully saturated rings. The first-order valence-corrected chi connectivity index (χ1v) is 9.86. The molecule has 0 bridgehead atoms. The Morgan fingerprint density at radius 2 is 1.80 bits per heavy atom. The molecule has 1 saturated heterocycles. The number of nitrogens with zero attached hydrogens (tertiary/aromatic N) is 3. The zero-order valence-electron chi connectivity index (χ0n) is 16.0. The highest BCUT2D eigenvalue weighted by molar-refractivity contribution is 9.10. The van der Waals surface area contributed by atoms with Gasteiger partial charge in [0.05, 0.1) is 9.40 Å². The largest absolute Gasteiger partial charge is 0.488 e. The van der Waals surface area contributed by atoms with Crippen LogP contribution in [-0.4, -0.2) is 45.7 Å². The first-order chi connectivity index (χ1) is 14.2. The molecule has 0 atom stereocenters. The van der Waals surface area contributed by atoms with Gasteiger partial charge in [-0.15, -0.1) is 0 Å². The summed E-state index contributed by atoms with van der Waals surface area (Å²) < 4.78 is 6.34. The Kier molecular flexibility index (Phi) is 6.28. The Balaban J connectivity index is 1.78. The van der Waals surface area contributed by atoms with E-state index in [1.807, 2.05) is 0 Å². The van der Waals surface area contributed by atoms with Crippen molar-refractivity contribution >= 4 is 56.8 Å². The lowest BCUT2D eigenvalue weighted by Gasteiger charge is -2.31. The molecule has 0 spiro atoms. The van der Waals surface area contributed by atoms with Crippen molar-refractivity contribution in [1.82, 2.24) is 9.80 Å². The lowest BCUT2D eigenvalue weighted by molar-refractivity contribution is -0.384. The number of benzene rings is 2. The number of nitro benzene ring substituents is 1. The van der Waals surface area contributed by atoms with Crippen molar-refractivity contribution in [2.45, 2.75) is 6.61 Å². The number of carbonyl (C=O) groups is 2. The summed E-state index contributed by atoms with van der Waals surface area (Å²) in [5.74, 6) is -0.421. The third kappa shape index (κ3) is 4.39. The third-order valence-electron chi connectivity index (χ3n) is 4.43. The quantitative estimate of drug-likeness (QED) is 0.209. The van der Waals surface area contributed by atoms with Crippen LogP contribution < -0.4 is 4.74 Å². The number of rotatable bonds is 5. The number of non-ortho nitro benzene ring substituents is 1. The standard InChI is InChI=1S/C20H16BrN3O5S/c1-22-18(25)15(19(26)23(2)20(22)30)9-12-6-7-17(16(21)10-12)29-11-13-4-3-5-14(8-13)24(27)28/h3-10H,11H2,1-2H3. The molecule has 0 aliphatic carbocycles. The molecular formula is C20H16BrN3O5S. The normalized spacial score (nSPS) is 14.2. The van der Waals surface area contributed by atoms with Crippen LogP contribution in [0.1, 0.15) is 11.1 Å². The Hall–Kier alpha value is -3.11. The number of hydrogen-bond acceptors (Lipinski definition) is 6. The monoisotopic (exact) mass is 489 g/mol. The van der Waals surface area contributed by atoms with E-state index in [4.69, 9.17) is 17.0 Å². The van der Waals surface area contributed by atoms with Crippen LogP contribution in [0.3, 0.4) is 0 Å². The number of carbonyl (C=O) groups excluding carboxylic acids is 2. The van der Waals surface area contributed by atoms with Crippen LogP contribution in [0.25, 0.3) is 6.08 Å². The molecular weight excluding hydrogens is 474 g/mol. The van der Waals surface area contributed by atoms with Crippen molar-refractivity contribution in [3.8, 4) is 5.75 Å². The van der Waals surface area contributed by atoms with Crippen LogP contribution >= 0.6 is 28.1 Å². The van der Waals surface area contributed by atoms with Crippen molar-refractivity contribution in [2.75, 3.05) is 14.1 Å². The van der Waals surface area contributed by atoms with Crippen LogP contribution in [0, 0.1) is 10.1 Å². The summed E-state index contributed by atoms with van der Waals surface area (Å²) in [7, 11) is 3.03. The summed E-state index contributed by atoms with van der Waals surface area (Å²) in [6.45, 7) is 0.144. The van der Waals surface area contributed by atoms with E-state index < -0.39 is 16.7 Å². The molecule has 0 N–H and O–H groups in total. The van der Waals surface area contributed by atoms with E-state index in [9.17, 15) is 19.7 Å². The van der Waals surface area contributed by atoms with E-state index in [2.05, 4.69) is 15.9 Å². The van der Waals surface area contributed by atoms with E-state index in [0.717, 1.165) is 0 Å². The summed E-state index contributed by atoms with van der Waals surface area (Å²) >= 11 is 8.49. The number of nitro groups is 1. The zero-order chi connectivity index (χ0) is 22.0. The summed E-state index contributed by atoms with van der Waals surface area (Å²) in [4.78, 5) is 37.7. The van der Waals surface area contributed by atoms with E-state index in [0.29, 0.717) is 21.3 Å².